The second kappa shape index (κ2) is 7.65. The number of hydrogen-bond donors (Lipinski definition) is 0. The molecule has 4 heterocycles. The second-order valence-electron chi connectivity index (χ2n) is 8.90. The molecule has 0 N–H and O–H groups in total. The van der Waals surface area contributed by atoms with Crippen LogP contribution < -0.4 is 14.4 Å². The molecule has 0 bridgehead atoms. The minimum absolute atomic E-state index is 0.257. The van der Waals surface area contributed by atoms with Gasteiger partial charge in [-0.3, -0.25) is 9.78 Å². The Balaban J connectivity index is 1.15. The average Bonchev–Trinajstić information content (AvgIpc) is 3.14. The van der Waals surface area contributed by atoms with Crippen molar-refractivity contribution in [3.8, 4) is 11.5 Å². The van der Waals surface area contributed by atoms with Crippen LogP contribution in [-0.4, -0.2) is 53.6 Å². The van der Waals surface area contributed by atoms with Crippen LogP contribution in [0.15, 0.2) is 48.7 Å². The summed E-state index contributed by atoms with van der Waals surface area (Å²) in [5.41, 5.74) is 2.58. The van der Waals surface area contributed by atoms with E-state index in [1.54, 1.807) is 0 Å². The van der Waals surface area contributed by atoms with Gasteiger partial charge in [-0.1, -0.05) is 24.3 Å². The molecule has 2 aromatic carbocycles. The Morgan fingerprint density at radius 3 is 2.56 bits per heavy atom. The van der Waals surface area contributed by atoms with Gasteiger partial charge in [0.15, 0.2) is 11.5 Å². The van der Waals surface area contributed by atoms with E-state index in [1.165, 1.54) is 0 Å². The van der Waals surface area contributed by atoms with Gasteiger partial charge < -0.3 is 19.3 Å². The molecule has 3 aromatic rings. The summed E-state index contributed by atoms with van der Waals surface area (Å²) < 4.78 is 11.5. The minimum atomic E-state index is -0.257. The molecule has 7 heteroatoms. The highest BCUT2D eigenvalue weighted by atomic mass is 16.6. The van der Waals surface area contributed by atoms with Crippen molar-refractivity contribution in [2.45, 2.75) is 25.8 Å². The van der Waals surface area contributed by atoms with Crippen molar-refractivity contribution in [1.29, 1.82) is 0 Å². The van der Waals surface area contributed by atoms with Gasteiger partial charge in [-0.2, -0.15) is 0 Å². The molecule has 0 atom stereocenters. The fourth-order valence-electron chi connectivity index (χ4n) is 5.24. The van der Waals surface area contributed by atoms with Crippen molar-refractivity contribution < 1.29 is 14.3 Å². The Morgan fingerprint density at radius 1 is 0.906 bits per heavy atom. The lowest BCUT2D eigenvalue weighted by Crippen LogP contribution is -2.45. The quantitative estimate of drug-likeness (QED) is 0.634. The molecule has 7 nitrogen and oxygen atoms in total. The number of carbonyl (C=O) groups is 1. The Kier molecular flexibility index (Phi) is 4.63. The number of nitrogens with zero attached hydrogens (tertiary/aromatic N) is 4. The zero-order chi connectivity index (χ0) is 21.5. The van der Waals surface area contributed by atoms with Gasteiger partial charge >= 0.3 is 0 Å². The van der Waals surface area contributed by atoms with Crippen LogP contribution in [0.5, 0.6) is 11.5 Å². The number of piperidine rings is 1. The minimum Gasteiger partial charge on any atom is -0.486 e. The summed E-state index contributed by atoms with van der Waals surface area (Å²) in [4.78, 5) is 27.1. The molecule has 0 saturated carbocycles. The van der Waals surface area contributed by atoms with Gasteiger partial charge in [0.2, 0.25) is 5.91 Å². The normalized spacial score (nSPS) is 19.7. The third kappa shape index (κ3) is 3.23. The van der Waals surface area contributed by atoms with E-state index in [-0.39, 0.29) is 11.3 Å². The lowest BCUT2D eigenvalue weighted by molar-refractivity contribution is -0.137. The first-order chi connectivity index (χ1) is 15.7. The Bertz CT molecular complexity index is 1170. The van der Waals surface area contributed by atoms with E-state index >= 15 is 0 Å². The third-order valence-electron chi connectivity index (χ3n) is 7.09. The predicted octanol–water partition coefficient (Wildman–Crippen LogP) is 3.42. The van der Waals surface area contributed by atoms with Gasteiger partial charge in [0.05, 0.1) is 22.6 Å². The maximum Gasteiger partial charge on any atom is 0.229 e. The van der Waals surface area contributed by atoms with E-state index in [9.17, 15) is 4.79 Å². The summed E-state index contributed by atoms with van der Waals surface area (Å²) in [6.45, 7) is 4.14. The van der Waals surface area contributed by atoms with E-state index in [0.29, 0.717) is 19.8 Å². The Labute approximate surface area is 187 Å². The number of fused-ring (bicyclic) bond motifs is 2. The number of ether oxygens (including phenoxy) is 2. The van der Waals surface area contributed by atoms with Crippen LogP contribution in [-0.2, 0) is 11.3 Å². The van der Waals surface area contributed by atoms with Crippen LogP contribution in [0.3, 0.4) is 0 Å². The van der Waals surface area contributed by atoms with E-state index in [4.69, 9.17) is 14.5 Å². The molecule has 1 spiro atoms. The molecule has 1 amide bonds. The highest BCUT2D eigenvalue weighted by molar-refractivity contribution is 5.85. The first-order valence-electron chi connectivity index (χ1n) is 11.4. The van der Waals surface area contributed by atoms with Gasteiger partial charge in [-0.15, -0.1) is 0 Å². The maximum absolute atomic E-state index is 13.5. The lowest BCUT2D eigenvalue weighted by atomic mass is 9.77. The molecule has 0 unspecified atom stereocenters. The van der Waals surface area contributed by atoms with E-state index in [1.807, 2.05) is 53.6 Å². The van der Waals surface area contributed by atoms with Gasteiger partial charge in [0, 0.05) is 31.7 Å². The van der Waals surface area contributed by atoms with Crippen molar-refractivity contribution >= 4 is 22.8 Å². The molecular weight excluding hydrogens is 404 g/mol. The Hall–Kier alpha value is -3.35. The fraction of sp³-hybridized carbons (Fsp3) is 0.400. The molecule has 3 aliphatic rings. The summed E-state index contributed by atoms with van der Waals surface area (Å²) in [6, 6.07) is 13.9. The zero-order valence-electron chi connectivity index (χ0n) is 18.0. The summed E-state index contributed by atoms with van der Waals surface area (Å²) in [6.07, 6.45) is 4.46. The van der Waals surface area contributed by atoms with E-state index in [2.05, 4.69) is 9.88 Å². The van der Waals surface area contributed by atoms with Crippen LogP contribution in [0.1, 0.15) is 24.8 Å². The lowest BCUT2D eigenvalue weighted by Gasteiger charge is -2.38. The molecule has 2 fully saturated rings. The zero-order valence-corrected chi connectivity index (χ0v) is 18.0. The van der Waals surface area contributed by atoms with E-state index < -0.39 is 0 Å². The van der Waals surface area contributed by atoms with Crippen molar-refractivity contribution in [3.05, 3.63) is 54.2 Å². The third-order valence-corrected chi connectivity index (χ3v) is 7.09. The van der Waals surface area contributed by atoms with Gasteiger partial charge in [-0.25, -0.2) is 4.98 Å². The number of likely N-dealkylation sites (tertiary alicyclic amines) is 1. The summed E-state index contributed by atoms with van der Waals surface area (Å²) in [7, 11) is 0. The van der Waals surface area contributed by atoms with Crippen LogP contribution in [0.25, 0.3) is 11.0 Å². The maximum atomic E-state index is 13.5. The van der Waals surface area contributed by atoms with Gasteiger partial charge in [0.25, 0.3) is 0 Å². The summed E-state index contributed by atoms with van der Waals surface area (Å²) in [5.74, 6) is 2.74. The topological polar surface area (TPSA) is 67.8 Å². The predicted molar refractivity (Wildman–Crippen MR) is 121 cm³/mol. The molecule has 0 aliphatic carbocycles. The number of rotatable bonds is 3. The van der Waals surface area contributed by atoms with Crippen molar-refractivity contribution in [2.75, 3.05) is 37.7 Å². The molecule has 6 rings (SSSR count). The first-order valence-corrected chi connectivity index (χ1v) is 11.4. The molecule has 2 saturated heterocycles. The number of benzene rings is 2. The number of carbonyl (C=O) groups excluding carboxylic acids is 1. The second-order valence-corrected chi connectivity index (χ2v) is 8.90. The SMILES string of the molecule is O=C1N(Cc2cccc3c2OCCO3)CCC12CCN(c1cnc3ccccc3n1)CC2. The van der Waals surface area contributed by atoms with Crippen molar-refractivity contribution in [1.82, 2.24) is 14.9 Å². The number of para-hydroxylation sites is 3. The Morgan fingerprint density at radius 2 is 1.69 bits per heavy atom. The highest BCUT2D eigenvalue weighted by Gasteiger charge is 2.48. The number of aromatic nitrogens is 2. The van der Waals surface area contributed by atoms with Crippen LogP contribution in [0, 0.1) is 5.41 Å². The van der Waals surface area contributed by atoms with Crippen molar-refractivity contribution in [3.63, 3.8) is 0 Å². The molecular formula is C25H26N4O3. The molecule has 32 heavy (non-hydrogen) atoms. The highest BCUT2D eigenvalue weighted by Crippen LogP contribution is 2.43. The number of hydrogen-bond acceptors (Lipinski definition) is 6. The van der Waals surface area contributed by atoms with Crippen molar-refractivity contribution in [2.24, 2.45) is 5.41 Å². The molecule has 0 radical (unpaired) electrons. The number of anilines is 1. The van der Waals surface area contributed by atoms with Gasteiger partial charge in [0.1, 0.15) is 19.0 Å². The smallest absolute Gasteiger partial charge is 0.229 e. The summed E-state index contributed by atoms with van der Waals surface area (Å²) >= 11 is 0. The van der Waals surface area contributed by atoms with Crippen LogP contribution in [0.4, 0.5) is 5.82 Å². The van der Waals surface area contributed by atoms with E-state index in [0.717, 1.165) is 72.8 Å². The molecule has 3 aliphatic heterocycles. The van der Waals surface area contributed by atoms with Crippen LogP contribution in [0.2, 0.25) is 0 Å². The van der Waals surface area contributed by atoms with Gasteiger partial charge in [-0.05, 0) is 37.5 Å². The fourth-order valence-corrected chi connectivity index (χ4v) is 5.24. The number of amides is 1. The monoisotopic (exact) mass is 430 g/mol. The molecule has 1 aromatic heterocycles. The van der Waals surface area contributed by atoms with Crippen LogP contribution >= 0.6 is 0 Å². The molecule has 164 valence electrons. The average molecular weight is 431 g/mol. The standard InChI is InChI=1S/C25H26N4O3/c30-24-25(10-13-29(24)17-18-4-3-7-21-23(18)32-15-14-31-21)8-11-28(12-9-25)22-16-26-19-5-1-2-6-20(19)27-22/h1-7,16H,8-15,17H2. The largest absolute Gasteiger partial charge is 0.486 e. The first kappa shape index (κ1) is 19.3. The summed E-state index contributed by atoms with van der Waals surface area (Å²) in [5, 5.41) is 0.